The fraction of sp³-hybridized carbons (Fsp3) is 1.00. The van der Waals surface area contributed by atoms with E-state index in [1.807, 2.05) is 6.92 Å². The van der Waals surface area contributed by atoms with Crippen molar-refractivity contribution in [2.75, 3.05) is 31.1 Å². The van der Waals surface area contributed by atoms with Gasteiger partial charge in [-0.25, -0.2) is 8.42 Å². The van der Waals surface area contributed by atoms with Crippen LogP contribution >= 0.6 is 0 Å². The Hall–Kier alpha value is -0.130. The van der Waals surface area contributed by atoms with Gasteiger partial charge in [-0.15, -0.1) is 0 Å². The minimum Gasteiger partial charge on any atom is -0.329 e. The van der Waals surface area contributed by atoms with E-state index >= 15 is 0 Å². The maximum Gasteiger partial charge on any atom is 0.151 e. The smallest absolute Gasteiger partial charge is 0.151 e. The van der Waals surface area contributed by atoms with Crippen molar-refractivity contribution in [1.82, 2.24) is 4.90 Å². The Morgan fingerprint density at radius 1 is 1.31 bits per heavy atom. The second kappa shape index (κ2) is 6.57. The molecule has 1 rings (SSSR count). The van der Waals surface area contributed by atoms with Crippen molar-refractivity contribution in [2.45, 2.75) is 38.6 Å². The van der Waals surface area contributed by atoms with Gasteiger partial charge in [0.05, 0.1) is 5.75 Å². The van der Waals surface area contributed by atoms with E-state index in [4.69, 9.17) is 5.73 Å². The van der Waals surface area contributed by atoms with Gasteiger partial charge in [0, 0.05) is 24.9 Å². The van der Waals surface area contributed by atoms with E-state index < -0.39 is 9.84 Å². The van der Waals surface area contributed by atoms with Crippen molar-refractivity contribution in [3.63, 3.8) is 0 Å². The Morgan fingerprint density at radius 2 is 2.06 bits per heavy atom. The van der Waals surface area contributed by atoms with Gasteiger partial charge < -0.3 is 5.73 Å². The highest BCUT2D eigenvalue weighted by atomic mass is 32.2. The molecule has 1 saturated heterocycles. The maximum absolute atomic E-state index is 11.6. The Bertz CT molecular complexity index is 290. The van der Waals surface area contributed by atoms with Gasteiger partial charge in [0.15, 0.2) is 9.84 Å². The Kier molecular flexibility index (Phi) is 5.72. The molecule has 0 aliphatic carbocycles. The predicted molar refractivity (Wildman–Crippen MR) is 67.2 cm³/mol. The molecular formula is C11H24N2O2S. The van der Waals surface area contributed by atoms with Crippen molar-refractivity contribution in [1.29, 1.82) is 0 Å². The van der Waals surface area contributed by atoms with Crippen molar-refractivity contribution >= 4 is 9.84 Å². The summed E-state index contributed by atoms with van der Waals surface area (Å²) in [4.78, 5) is 2.25. The Labute approximate surface area is 99.1 Å². The lowest BCUT2D eigenvalue weighted by atomic mass is 10.0. The maximum atomic E-state index is 11.6. The third kappa shape index (κ3) is 4.39. The van der Waals surface area contributed by atoms with E-state index in [0.29, 0.717) is 31.3 Å². The lowest BCUT2D eigenvalue weighted by Crippen LogP contribution is -2.46. The summed E-state index contributed by atoms with van der Waals surface area (Å²) in [6, 6.07) is 0.394. The van der Waals surface area contributed by atoms with Gasteiger partial charge in [0.2, 0.25) is 0 Å². The summed E-state index contributed by atoms with van der Waals surface area (Å²) in [5, 5.41) is 0. The van der Waals surface area contributed by atoms with Crippen LogP contribution in [0.15, 0.2) is 0 Å². The van der Waals surface area contributed by atoms with Gasteiger partial charge in [-0.3, -0.25) is 4.90 Å². The van der Waals surface area contributed by atoms with Crippen LogP contribution in [0.3, 0.4) is 0 Å². The molecule has 16 heavy (non-hydrogen) atoms. The molecule has 0 radical (unpaired) electrons. The first-order valence-corrected chi connectivity index (χ1v) is 8.05. The molecule has 0 aromatic carbocycles. The molecule has 0 aromatic rings. The Morgan fingerprint density at radius 3 is 2.69 bits per heavy atom. The van der Waals surface area contributed by atoms with E-state index in [1.54, 1.807) is 0 Å². The van der Waals surface area contributed by atoms with Crippen molar-refractivity contribution in [2.24, 2.45) is 5.73 Å². The fourth-order valence-corrected chi connectivity index (χ4v) is 3.63. The van der Waals surface area contributed by atoms with E-state index in [2.05, 4.69) is 4.90 Å². The van der Waals surface area contributed by atoms with E-state index in [0.717, 1.165) is 13.0 Å². The van der Waals surface area contributed by atoms with Gasteiger partial charge in [-0.1, -0.05) is 13.3 Å². The third-order valence-corrected chi connectivity index (χ3v) is 5.06. The third-order valence-electron chi connectivity index (χ3n) is 3.23. The number of hydrogen-bond donors (Lipinski definition) is 1. The summed E-state index contributed by atoms with van der Waals surface area (Å²) in [5.41, 5.74) is 5.70. The molecule has 0 amide bonds. The molecule has 1 unspecified atom stereocenters. The topological polar surface area (TPSA) is 63.4 Å². The van der Waals surface area contributed by atoms with Gasteiger partial charge in [0.1, 0.15) is 0 Å². The average Bonchev–Trinajstić information content (AvgIpc) is 2.27. The first-order chi connectivity index (χ1) is 7.59. The van der Waals surface area contributed by atoms with Gasteiger partial charge in [-0.05, 0) is 25.8 Å². The van der Waals surface area contributed by atoms with Crippen LogP contribution in [-0.4, -0.2) is 50.5 Å². The van der Waals surface area contributed by atoms with Crippen LogP contribution in [0.2, 0.25) is 0 Å². The molecule has 1 fully saturated rings. The fourth-order valence-electron chi connectivity index (χ4n) is 2.29. The minimum absolute atomic E-state index is 0.289. The van der Waals surface area contributed by atoms with Crippen LogP contribution < -0.4 is 5.73 Å². The number of sulfone groups is 1. The van der Waals surface area contributed by atoms with Crippen LogP contribution in [-0.2, 0) is 9.84 Å². The van der Waals surface area contributed by atoms with E-state index in [9.17, 15) is 8.42 Å². The SMILES string of the molecule is CCCS(=O)(=O)CCN1CCCCC1CN. The van der Waals surface area contributed by atoms with Crippen LogP contribution in [0, 0.1) is 0 Å². The summed E-state index contributed by atoms with van der Waals surface area (Å²) < 4.78 is 23.2. The number of hydrogen-bond acceptors (Lipinski definition) is 4. The zero-order chi connectivity index (χ0) is 12.0. The second-order valence-corrected chi connectivity index (χ2v) is 6.88. The van der Waals surface area contributed by atoms with Crippen LogP contribution in [0.1, 0.15) is 32.6 Å². The van der Waals surface area contributed by atoms with Crippen molar-refractivity contribution < 1.29 is 8.42 Å². The second-order valence-electron chi connectivity index (χ2n) is 4.57. The van der Waals surface area contributed by atoms with Gasteiger partial charge in [0.25, 0.3) is 0 Å². The van der Waals surface area contributed by atoms with Crippen LogP contribution in [0.5, 0.6) is 0 Å². The van der Waals surface area contributed by atoms with E-state index in [1.165, 1.54) is 12.8 Å². The standard InChI is InChI=1S/C11H24N2O2S/c1-2-8-16(14,15)9-7-13-6-4-3-5-11(13)10-12/h11H,2-10,12H2,1H3. The summed E-state index contributed by atoms with van der Waals surface area (Å²) in [5.74, 6) is 0.603. The minimum atomic E-state index is -2.85. The molecule has 0 spiro atoms. The first-order valence-electron chi connectivity index (χ1n) is 6.23. The number of nitrogens with zero attached hydrogens (tertiary/aromatic N) is 1. The molecule has 96 valence electrons. The first kappa shape index (κ1) is 13.9. The highest BCUT2D eigenvalue weighted by Crippen LogP contribution is 2.15. The van der Waals surface area contributed by atoms with Crippen LogP contribution in [0.4, 0.5) is 0 Å². The van der Waals surface area contributed by atoms with Crippen molar-refractivity contribution in [3.8, 4) is 0 Å². The summed E-state index contributed by atoms with van der Waals surface area (Å²) in [6.45, 7) is 4.21. The molecule has 1 heterocycles. The highest BCUT2D eigenvalue weighted by molar-refractivity contribution is 7.91. The monoisotopic (exact) mass is 248 g/mol. The molecule has 2 N–H and O–H groups in total. The molecule has 4 nitrogen and oxygen atoms in total. The summed E-state index contributed by atoms with van der Waals surface area (Å²) >= 11 is 0. The molecule has 5 heteroatoms. The molecule has 0 bridgehead atoms. The number of nitrogens with two attached hydrogens (primary N) is 1. The summed E-state index contributed by atoms with van der Waals surface area (Å²) in [6.07, 6.45) is 4.22. The van der Waals surface area contributed by atoms with Crippen LogP contribution in [0.25, 0.3) is 0 Å². The lowest BCUT2D eigenvalue weighted by molar-refractivity contribution is 0.162. The largest absolute Gasteiger partial charge is 0.329 e. The summed E-state index contributed by atoms with van der Waals surface area (Å²) in [7, 11) is -2.85. The van der Waals surface area contributed by atoms with Gasteiger partial charge >= 0.3 is 0 Å². The highest BCUT2D eigenvalue weighted by Gasteiger charge is 2.22. The molecule has 0 saturated carbocycles. The zero-order valence-corrected chi connectivity index (χ0v) is 11.0. The average molecular weight is 248 g/mol. The Balaban J connectivity index is 2.41. The molecule has 1 aliphatic heterocycles. The number of piperidine rings is 1. The van der Waals surface area contributed by atoms with Crippen molar-refractivity contribution in [3.05, 3.63) is 0 Å². The molecule has 1 atom stereocenters. The predicted octanol–water partition coefficient (Wildman–Crippen LogP) is 0.624. The zero-order valence-electron chi connectivity index (χ0n) is 10.2. The molecule has 1 aliphatic rings. The molecular weight excluding hydrogens is 224 g/mol. The number of likely N-dealkylation sites (tertiary alicyclic amines) is 1. The molecule has 0 aromatic heterocycles. The van der Waals surface area contributed by atoms with Gasteiger partial charge in [-0.2, -0.15) is 0 Å². The number of rotatable bonds is 6. The van der Waals surface area contributed by atoms with E-state index in [-0.39, 0.29) is 5.75 Å². The normalized spacial score (nSPS) is 23.5. The quantitative estimate of drug-likeness (QED) is 0.748. The lowest BCUT2D eigenvalue weighted by Gasteiger charge is -2.34.